The molecule has 1 aromatic rings. The predicted molar refractivity (Wildman–Crippen MR) is 61.8 cm³/mol. The molecule has 2 nitrogen and oxygen atoms in total. The number of rotatable bonds is 4. The summed E-state index contributed by atoms with van der Waals surface area (Å²) in [4.78, 5) is 0. The largest absolute Gasteiger partial charge is 0.508 e. The Balaban J connectivity index is 1.93. The summed E-state index contributed by atoms with van der Waals surface area (Å²) in [6, 6.07) is 8.52. The van der Waals surface area contributed by atoms with Crippen molar-refractivity contribution in [3.8, 4) is 5.75 Å². The summed E-state index contributed by atoms with van der Waals surface area (Å²) < 4.78 is 0. The van der Waals surface area contributed by atoms with Crippen LogP contribution in [0.1, 0.15) is 38.3 Å². The van der Waals surface area contributed by atoms with Gasteiger partial charge in [0.2, 0.25) is 0 Å². The highest BCUT2D eigenvalue weighted by molar-refractivity contribution is 5.29. The Morgan fingerprint density at radius 1 is 1.53 bits per heavy atom. The summed E-state index contributed by atoms with van der Waals surface area (Å²) >= 11 is 0. The zero-order valence-electron chi connectivity index (χ0n) is 9.40. The first kappa shape index (κ1) is 10.5. The van der Waals surface area contributed by atoms with Crippen molar-refractivity contribution in [3.05, 3.63) is 29.8 Å². The Kier molecular flexibility index (Phi) is 2.96. The molecule has 15 heavy (non-hydrogen) atoms. The first-order valence-corrected chi connectivity index (χ1v) is 5.75. The fourth-order valence-corrected chi connectivity index (χ4v) is 2.11. The molecule has 2 rings (SSSR count). The minimum atomic E-state index is 0.332. The van der Waals surface area contributed by atoms with Crippen molar-refractivity contribution in [2.45, 2.75) is 38.8 Å². The van der Waals surface area contributed by atoms with Gasteiger partial charge in [-0.1, -0.05) is 25.5 Å². The van der Waals surface area contributed by atoms with Crippen LogP contribution in [-0.2, 0) is 0 Å². The van der Waals surface area contributed by atoms with Gasteiger partial charge in [0.25, 0.3) is 0 Å². The van der Waals surface area contributed by atoms with E-state index in [0.29, 0.717) is 17.8 Å². The van der Waals surface area contributed by atoms with Crippen molar-refractivity contribution in [3.63, 3.8) is 0 Å². The Morgan fingerprint density at radius 2 is 2.33 bits per heavy atom. The number of hydrogen-bond donors (Lipinski definition) is 2. The number of hydrogen-bond acceptors (Lipinski definition) is 2. The predicted octanol–water partition coefficient (Wildman–Crippen LogP) is 2.84. The molecule has 82 valence electrons. The van der Waals surface area contributed by atoms with Gasteiger partial charge in [0.1, 0.15) is 5.75 Å². The Labute approximate surface area is 91.3 Å². The van der Waals surface area contributed by atoms with E-state index in [-0.39, 0.29) is 0 Å². The molecule has 0 amide bonds. The molecular weight excluding hydrogens is 186 g/mol. The lowest BCUT2D eigenvalue weighted by Gasteiger charge is -2.14. The van der Waals surface area contributed by atoms with E-state index in [1.54, 1.807) is 6.07 Å². The highest BCUT2D eigenvalue weighted by Gasteiger charge is 2.35. The Morgan fingerprint density at radius 3 is 2.93 bits per heavy atom. The fourth-order valence-electron chi connectivity index (χ4n) is 2.11. The molecule has 0 heterocycles. The molecule has 1 aliphatic carbocycles. The normalized spacial score (nSPS) is 26.3. The second-order valence-corrected chi connectivity index (χ2v) is 4.49. The van der Waals surface area contributed by atoms with Crippen molar-refractivity contribution in [1.82, 2.24) is 5.32 Å². The molecule has 0 saturated heterocycles. The molecule has 0 radical (unpaired) electrons. The van der Waals surface area contributed by atoms with Gasteiger partial charge in [-0.2, -0.15) is 0 Å². The van der Waals surface area contributed by atoms with Crippen LogP contribution in [-0.4, -0.2) is 11.1 Å². The third kappa shape index (κ3) is 2.51. The molecule has 1 saturated carbocycles. The number of aromatic hydroxyl groups is 1. The van der Waals surface area contributed by atoms with Gasteiger partial charge in [0, 0.05) is 12.1 Å². The lowest BCUT2D eigenvalue weighted by atomic mass is 10.1. The van der Waals surface area contributed by atoms with Crippen LogP contribution >= 0.6 is 0 Å². The maximum Gasteiger partial charge on any atom is 0.115 e. The van der Waals surface area contributed by atoms with Gasteiger partial charge in [-0.05, 0) is 37.0 Å². The molecule has 1 aromatic carbocycles. The van der Waals surface area contributed by atoms with Gasteiger partial charge in [0.05, 0.1) is 0 Å². The van der Waals surface area contributed by atoms with Crippen LogP contribution in [0.3, 0.4) is 0 Å². The Bertz CT molecular complexity index is 337. The number of phenols is 1. The molecule has 3 unspecified atom stereocenters. The minimum absolute atomic E-state index is 0.332. The van der Waals surface area contributed by atoms with Crippen LogP contribution in [0.5, 0.6) is 5.75 Å². The van der Waals surface area contributed by atoms with E-state index in [1.807, 2.05) is 12.1 Å². The van der Waals surface area contributed by atoms with Crippen LogP contribution < -0.4 is 5.32 Å². The highest BCUT2D eigenvalue weighted by Crippen LogP contribution is 2.35. The van der Waals surface area contributed by atoms with Crippen molar-refractivity contribution in [2.24, 2.45) is 5.92 Å². The summed E-state index contributed by atoms with van der Waals surface area (Å²) in [5.74, 6) is 1.22. The molecule has 1 aliphatic rings. The monoisotopic (exact) mass is 205 g/mol. The van der Waals surface area contributed by atoms with E-state index in [9.17, 15) is 5.11 Å². The molecule has 1 fully saturated rings. The van der Waals surface area contributed by atoms with E-state index in [2.05, 4.69) is 25.2 Å². The molecule has 2 heteroatoms. The van der Waals surface area contributed by atoms with Gasteiger partial charge < -0.3 is 10.4 Å². The van der Waals surface area contributed by atoms with Crippen molar-refractivity contribution < 1.29 is 5.11 Å². The second kappa shape index (κ2) is 4.23. The van der Waals surface area contributed by atoms with Crippen LogP contribution in [0.2, 0.25) is 0 Å². The summed E-state index contributed by atoms with van der Waals surface area (Å²) in [6.07, 6.45) is 2.57. The third-order valence-corrected chi connectivity index (χ3v) is 3.28. The summed E-state index contributed by atoms with van der Waals surface area (Å²) in [5.41, 5.74) is 1.16. The number of phenolic OH excluding ortho intramolecular Hbond substituents is 1. The average Bonchev–Trinajstić information content (AvgIpc) is 2.96. The molecule has 2 N–H and O–H groups in total. The summed E-state index contributed by atoms with van der Waals surface area (Å²) in [5, 5.41) is 13.0. The van der Waals surface area contributed by atoms with Crippen LogP contribution in [0.25, 0.3) is 0 Å². The maximum atomic E-state index is 9.38. The van der Waals surface area contributed by atoms with Gasteiger partial charge in [-0.15, -0.1) is 0 Å². The molecule has 3 atom stereocenters. The fraction of sp³-hybridized carbons (Fsp3) is 0.538. The molecule has 0 aliphatic heterocycles. The molecule has 0 bridgehead atoms. The Hall–Kier alpha value is -1.02. The van der Waals surface area contributed by atoms with Crippen molar-refractivity contribution in [1.29, 1.82) is 0 Å². The summed E-state index contributed by atoms with van der Waals surface area (Å²) in [6.45, 7) is 4.39. The van der Waals surface area contributed by atoms with Gasteiger partial charge >= 0.3 is 0 Å². The molecular formula is C13H19NO. The zero-order chi connectivity index (χ0) is 10.8. The topological polar surface area (TPSA) is 32.3 Å². The summed E-state index contributed by atoms with van der Waals surface area (Å²) in [7, 11) is 0. The molecule has 0 spiro atoms. The maximum absolute atomic E-state index is 9.38. The van der Waals surface area contributed by atoms with E-state index >= 15 is 0 Å². The van der Waals surface area contributed by atoms with E-state index < -0.39 is 0 Å². The lowest BCUT2D eigenvalue weighted by molar-refractivity contribution is 0.471. The third-order valence-electron chi connectivity index (χ3n) is 3.28. The SMILES string of the molecule is CCC1CC1NC(C)c1cccc(O)c1. The quantitative estimate of drug-likeness (QED) is 0.792. The van der Waals surface area contributed by atoms with Crippen molar-refractivity contribution >= 4 is 0 Å². The van der Waals surface area contributed by atoms with E-state index in [4.69, 9.17) is 0 Å². The van der Waals surface area contributed by atoms with Crippen molar-refractivity contribution in [2.75, 3.05) is 0 Å². The van der Waals surface area contributed by atoms with E-state index in [1.165, 1.54) is 12.8 Å². The first-order valence-electron chi connectivity index (χ1n) is 5.75. The number of nitrogens with one attached hydrogen (secondary N) is 1. The van der Waals surface area contributed by atoms with Gasteiger partial charge in [-0.25, -0.2) is 0 Å². The van der Waals surface area contributed by atoms with Crippen LogP contribution in [0.15, 0.2) is 24.3 Å². The minimum Gasteiger partial charge on any atom is -0.508 e. The highest BCUT2D eigenvalue weighted by atomic mass is 16.3. The van der Waals surface area contributed by atoms with Gasteiger partial charge in [0.15, 0.2) is 0 Å². The standard InChI is InChI=1S/C13H19NO/c1-3-10-8-13(10)14-9(2)11-5-4-6-12(15)7-11/h4-7,9-10,13-15H,3,8H2,1-2H3. The van der Waals surface area contributed by atoms with Crippen LogP contribution in [0.4, 0.5) is 0 Å². The smallest absolute Gasteiger partial charge is 0.115 e. The average molecular weight is 205 g/mol. The van der Waals surface area contributed by atoms with Gasteiger partial charge in [-0.3, -0.25) is 0 Å². The molecule has 0 aromatic heterocycles. The zero-order valence-corrected chi connectivity index (χ0v) is 9.40. The number of benzene rings is 1. The van der Waals surface area contributed by atoms with E-state index in [0.717, 1.165) is 11.5 Å². The lowest BCUT2D eigenvalue weighted by Crippen LogP contribution is -2.22. The first-order chi connectivity index (χ1) is 7.20. The second-order valence-electron chi connectivity index (χ2n) is 4.49. The van der Waals surface area contributed by atoms with Crippen LogP contribution in [0, 0.1) is 5.92 Å².